The van der Waals surface area contributed by atoms with Crippen molar-refractivity contribution in [2.24, 2.45) is 5.92 Å². The Labute approximate surface area is 133 Å². The normalized spacial score (nSPS) is 12.0. The SMILES string of the molecule is CC(C)[C@H](NC(=O)OCc1ccccc1)C(=O)c1nccs1. The number of ether oxygens (including phenoxy) is 1. The highest BCUT2D eigenvalue weighted by Gasteiger charge is 2.27. The molecule has 0 unspecified atom stereocenters. The van der Waals surface area contributed by atoms with Crippen molar-refractivity contribution in [2.45, 2.75) is 26.5 Å². The Hall–Kier alpha value is -2.21. The van der Waals surface area contributed by atoms with E-state index in [1.165, 1.54) is 11.3 Å². The minimum absolute atomic E-state index is 0.0549. The Morgan fingerprint density at radius 1 is 1.27 bits per heavy atom. The van der Waals surface area contributed by atoms with Gasteiger partial charge in [-0.2, -0.15) is 0 Å². The number of rotatable bonds is 6. The van der Waals surface area contributed by atoms with Gasteiger partial charge in [0, 0.05) is 11.6 Å². The number of hydrogen-bond donors (Lipinski definition) is 1. The fourth-order valence-electron chi connectivity index (χ4n) is 1.90. The summed E-state index contributed by atoms with van der Waals surface area (Å²) < 4.78 is 5.16. The van der Waals surface area contributed by atoms with Crippen molar-refractivity contribution in [1.29, 1.82) is 0 Å². The second kappa shape index (κ2) is 7.70. The summed E-state index contributed by atoms with van der Waals surface area (Å²) in [5.41, 5.74) is 0.894. The molecule has 1 aromatic heterocycles. The van der Waals surface area contributed by atoms with Gasteiger partial charge in [-0.1, -0.05) is 44.2 Å². The van der Waals surface area contributed by atoms with Crippen LogP contribution in [0.5, 0.6) is 0 Å². The molecule has 0 aliphatic rings. The number of ketones is 1. The molecular weight excluding hydrogens is 300 g/mol. The molecule has 2 aromatic rings. The summed E-state index contributed by atoms with van der Waals surface area (Å²) in [7, 11) is 0. The molecule has 1 amide bonds. The highest BCUT2D eigenvalue weighted by atomic mass is 32.1. The molecule has 6 heteroatoms. The molecule has 22 heavy (non-hydrogen) atoms. The summed E-state index contributed by atoms with van der Waals surface area (Å²) in [4.78, 5) is 28.2. The number of hydrogen-bond acceptors (Lipinski definition) is 5. The molecule has 1 heterocycles. The van der Waals surface area contributed by atoms with Gasteiger partial charge in [0.2, 0.25) is 5.78 Å². The summed E-state index contributed by atoms with van der Waals surface area (Å²) in [6.45, 7) is 3.91. The minimum atomic E-state index is -0.644. The van der Waals surface area contributed by atoms with Crippen molar-refractivity contribution in [1.82, 2.24) is 10.3 Å². The summed E-state index contributed by atoms with van der Waals surface area (Å²) in [5, 5.41) is 4.76. The number of amides is 1. The van der Waals surface area contributed by atoms with E-state index in [2.05, 4.69) is 10.3 Å². The standard InChI is InChI=1S/C16H18N2O3S/c1-11(2)13(14(19)15-17-8-9-22-15)18-16(20)21-10-12-6-4-3-5-7-12/h3-9,11,13H,10H2,1-2H3,(H,18,20)/t13-/m0/s1. The third kappa shape index (κ3) is 4.39. The van der Waals surface area contributed by atoms with Crippen LogP contribution < -0.4 is 5.32 Å². The fraction of sp³-hybridized carbons (Fsp3) is 0.312. The maximum absolute atomic E-state index is 12.3. The quantitative estimate of drug-likeness (QED) is 0.830. The molecule has 0 fully saturated rings. The van der Waals surface area contributed by atoms with Crippen molar-refractivity contribution in [3.63, 3.8) is 0 Å². The van der Waals surface area contributed by atoms with E-state index in [0.717, 1.165) is 5.56 Å². The lowest BCUT2D eigenvalue weighted by atomic mass is 10.0. The van der Waals surface area contributed by atoms with E-state index >= 15 is 0 Å². The number of aromatic nitrogens is 1. The first-order chi connectivity index (χ1) is 10.6. The average molecular weight is 318 g/mol. The van der Waals surface area contributed by atoms with Crippen LogP contribution in [0.2, 0.25) is 0 Å². The predicted octanol–water partition coefficient (Wildman–Crippen LogP) is 3.28. The van der Waals surface area contributed by atoms with Gasteiger partial charge in [0.05, 0.1) is 0 Å². The van der Waals surface area contributed by atoms with Crippen molar-refractivity contribution >= 4 is 23.2 Å². The van der Waals surface area contributed by atoms with Gasteiger partial charge < -0.3 is 10.1 Å². The minimum Gasteiger partial charge on any atom is -0.445 e. The topological polar surface area (TPSA) is 68.3 Å². The van der Waals surface area contributed by atoms with Gasteiger partial charge in [-0.15, -0.1) is 11.3 Å². The molecule has 1 atom stereocenters. The third-order valence-corrected chi connectivity index (χ3v) is 3.87. The van der Waals surface area contributed by atoms with E-state index in [1.807, 2.05) is 44.2 Å². The van der Waals surface area contributed by atoms with Gasteiger partial charge >= 0.3 is 6.09 Å². The van der Waals surface area contributed by atoms with Gasteiger partial charge in [0.15, 0.2) is 5.01 Å². The van der Waals surface area contributed by atoms with E-state index < -0.39 is 12.1 Å². The second-order valence-corrected chi connectivity index (χ2v) is 6.02. The molecular formula is C16H18N2O3S. The van der Waals surface area contributed by atoms with Gasteiger partial charge in [-0.3, -0.25) is 4.79 Å². The largest absolute Gasteiger partial charge is 0.445 e. The number of alkyl carbamates (subject to hydrolysis) is 1. The number of Topliss-reactive ketones (excluding diaryl/α,β-unsaturated/α-hetero) is 1. The smallest absolute Gasteiger partial charge is 0.408 e. The van der Waals surface area contributed by atoms with E-state index in [4.69, 9.17) is 4.74 Å². The van der Waals surface area contributed by atoms with Crippen LogP contribution in [0.25, 0.3) is 0 Å². The molecule has 2 rings (SSSR count). The van der Waals surface area contributed by atoms with Gasteiger partial charge in [0.25, 0.3) is 0 Å². The number of nitrogens with zero attached hydrogens (tertiary/aromatic N) is 1. The molecule has 0 bridgehead atoms. The first-order valence-electron chi connectivity index (χ1n) is 6.99. The molecule has 1 N–H and O–H groups in total. The van der Waals surface area contributed by atoms with E-state index in [1.54, 1.807) is 11.6 Å². The highest BCUT2D eigenvalue weighted by Crippen LogP contribution is 2.13. The van der Waals surface area contributed by atoms with Crippen molar-refractivity contribution in [3.8, 4) is 0 Å². The van der Waals surface area contributed by atoms with E-state index in [-0.39, 0.29) is 18.3 Å². The van der Waals surface area contributed by atoms with Crippen LogP contribution in [0.1, 0.15) is 29.2 Å². The molecule has 0 spiro atoms. The summed E-state index contributed by atoms with van der Waals surface area (Å²) in [6.07, 6.45) is 0.968. The number of carbonyl (C=O) groups excluding carboxylic acids is 2. The average Bonchev–Trinajstić information content (AvgIpc) is 3.05. The fourth-order valence-corrected chi connectivity index (χ4v) is 2.52. The zero-order chi connectivity index (χ0) is 15.9. The Balaban J connectivity index is 1.93. The first-order valence-corrected chi connectivity index (χ1v) is 7.87. The maximum atomic E-state index is 12.3. The van der Waals surface area contributed by atoms with Crippen LogP contribution in [0, 0.1) is 5.92 Å². The molecule has 0 aliphatic carbocycles. The highest BCUT2D eigenvalue weighted by molar-refractivity contribution is 7.11. The summed E-state index contributed by atoms with van der Waals surface area (Å²) in [5.74, 6) is -0.248. The van der Waals surface area contributed by atoms with Crippen molar-refractivity contribution in [2.75, 3.05) is 0 Å². The number of benzene rings is 1. The van der Waals surface area contributed by atoms with Crippen LogP contribution >= 0.6 is 11.3 Å². The van der Waals surface area contributed by atoms with E-state index in [9.17, 15) is 9.59 Å². The number of nitrogens with one attached hydrogen (secondary N) is 1. The first kappa shape index (κ1) is 16.2. The lowest BCUT2D eigenvalue weighted by molar-refractivity contribution is 0.0886. The molecule has 0 aliphatic heterocycles. The predicted molar refractivity (Wildman–Crippen MR) is 84.8 cm³/mol. The van der Waals surface area contributed by atoms with Gasteiger partial charge in [-0.05, 0) is 11.5 Å². The molecule has 116 valence electrons. The van der Waals surface area contributed by atoms with Crippen molar-refractivity contribution in [3.05, 3.63) is 52.5 Å². The molecule has 0 saturated carbocycles. The Kier molecular flexibility index (Phi) is 5.66. The van der Waals surface area contributed by atoms with Crippen LogP contribution in [0.4, 0.5) is 4.79 Å². The lowest BCUT2D eigenvalue weighted by Gasteiger charge is -2.19. The van der Waals surface area contributed by atoms with Crippen LogP contribution in [-0.4, -0.2) is 22.9 Å². The molecule has 0 saturated heterocycles. The van der Waals surface area contributed by atoms with Crippen LogP contribution in [0.15, 0.2) is 41.9 Å². The van der Waals surface area contributed by atoms with Gasteiger partial charge in [-0.25, -0.2) is 9.78 Å². The zero-order valence-electron chi connectivity index (χ0n) is 12.5. The van der Waals surface area contributed by atoms with Crippen LogP contribution in [-0.2, 0) is 11.3 Å². The monoisotopic (exact) mass is 318 g/mol. The Bertz CT molecular complexity index is 612. The van der Waals surface area contributed by atoms with Crippen LogP contribution in [0.3, 0.4) is 0 Å². The number of thiazole rings is 1. The molecule has 1 aromatic carbocycles. The Morgan fingerprint density at radius 3 is 2.59 bits per heavy atom. The van der Waals surface area contributed by atoms with Crippen molar-refractivity contribution < 1.29 is 14.3 Å². The van der Waals surface area contributed by atoms with E-state index in [0.29, 0.717) is 5.01 Å². The zero-order valence-corrected chi connectivity index (χ0v) is 13.3. The van der Waals surface area contributed by atoms with Gasteiger partial charge in [0.1, 0.15) is 12.6 Å². The maximum Gasteiger partial charge on any atom is 0.408 e. The summed E-state index contributed by atoms with van der Waals surface area (Å²) in [6, 6.07) is 8.74. The number of carbonyl (C=O) groups is 2. The third-order valence-electron chi connectivity index (χ3n) is 3.08. The molecule has 5 nitrogen and oxygen atoms in total. The summed E-state index contributed by atoms with van der Waals surface area (Å²) >= 11 is 1.26. The lowest BCUT2D eigenvalue weighted by Crippen LogP contribution is -2.44. The second-order valence-electron chi connectivity index (χ2n) is 5.13. The molecule has 0 radical (unpaired) electrons. The Morgan fingerprint density at radius 2 is 2.00 bits per heavy atom.